The van der Waals surface area contributed by atoms with Crippen LogP contribution in [-0.4, -0.2) is 16.8 Å². The van der Waals surface area contributed by atoms with Crippen molar-refractivity contribution in [3.63, 3.8) is 0 Å². The van der Waals surface area contributed by atoms with Gasteiger partial charge in [-0.25, -0.2) is 0 Å². The van der Waals surface area contributed by atoms with Gasteiger partial charge in [-0.05, 0) is 43.3 Å². The van der Waals surface area contributed by atoms with Crippen LogP contribution in [0.25, 0.3) is 11.5 Å². The molecule has 0 unspecified atom stereocenters. The zero-order valence-electron chi connectivity index (χ0n) is 12.6. The van der Waals surface area contributed by atoms with E-state index in [4.69, 9.17) is 20.8 Å². The molecule has 3 rings (SSSR count). The van der Waals surface area contributed by atoms with Gasteiger partial charge in [-0.15, -0.1) is 10.2 Å². The summed E-state index contributed by atoms with van der Waals surface area (Å²) in [6.45, 7) is 3.04. The van der Waals surface area contributed by atoms with Gasteiger partial charge in [-0.3, -0.25) is 0 Å². The number of nitrogens with one attached hydrogen (secondary N) is 1. The summed E-state index contributed by atoms with van der Waals surface area (Å²) in [5.41, 5.74) is 1.68. The summed E-state index contributed by atoms with van der Waals surface area (Å²) in [6, 6.07) is 15.1. The lowest BCUT2D eigenvalue weighted by Crippen LogP contribution is -1.99. The molecule has 0 saturated carbocycles. The topological polar surface area (TPSA) is 60.2 Å². The van der Waals surface area contributed by atoms with Crippen molar-refractivity contribution in [3.8, 4) is 17.2 Å². The number of aromatic nitrogens is 2. The number of halogens is 1. The molecule has 0 fully saturated rings. The summed E-state index contributed by atoms with van der Waals surface area (Å²) < 4.78 is 11.0. The maximum Gasteiger partial charge on any atom is 0.249 e. The lowest BCUT2D eigenvalue weighted by Gasteiger charge is -2.06. The van der Waals surface area contributed by atoms with Crippen molar-refractivity contribution in [3.05, 3.63) is 59.4 Å². The van der Waals surface area contributed by atoms with Crippen molar-refractivity contribution < 1.29 is 9.15 Å². The fraction of sp³-hybridized carbons (Fsp3) is 0.176. The van der Waals surface area contributed by atoms with Crippen LogP contribution in [0.5, 0.6) is 5.75 Å². The second-order valence-corrected chi connectivity index (χ2v) is 5.20. The predicted octanol–water partition coefficient (Wildman–Crippen LogP) is 4.40. The van der Waals surface area contributed by atoms with Crippen LogP contribution < -0.4 is 10.1 Å². The molecule has 1 aromatic heterocycles. The maximum atomic E-state index is 6.13. The van der Waals surface area contributed by atoms with Gasteiger partial charge < -0.3 is 14.5 Å². The highest BCUT2D eigenvalue weighted by atomic mass is 35.5. The van der Waals surface area contributed by atoms with Crippen LogP contribution in [0.4, 0.5) is 5.69 Å². The molecule has 0 atom stereocenters. The molecular weight excluding hydrogens is 314 g/mol. The Morgan fingerprint density at radius 1 is 1.09 bits per heavy atom. The molecule has 0 saturated heterocycles. The molecule has 0 aliphatic carbocycles. The zero-order chi connectivity index (χ0) is 16.1. The average molecular weight is 330 g/mol. The molecular formula is C17H16ClN3O2. The van der Waals surface area contributed by atoms with Gasteiger partial charge in [-0.1, -0.05) is 23.7 Å². The van der Waals surface area contributed by atoms with E-state index in [0.29, 0.717) is 30.0 Å². The van der Waals surface area contributed by atoms with Gasteiger partial charge in [0.25, 0.3) is 0 Å². The minimum atomic E-state index is 0.416. The molecule has 2 aromatic carbocycles. The zero-order valence-corrected chi connectivity index (χ0v) is 13.4. The number of ether oxygens (including phenoxy) is 1. The van der Waals surface area contributed by atoms with Crippen LogP contribution >= 0.6 is 11.6 Å². The van der Waals surface area contributed by atoms with Gasteiger partial charge in [0, 0.05) is 5.69 Å². The van der Waals surface area contributed by atoms with E-state index in [0.717, 1.165) is 17.0 Å². The van der Waals surface area contributed by atoms with Crippen LogP contribution in [0, 0.1) is 0 Å². The Balaban J connectivity index is 1.64. The maximum absolute atomic E-state index is 6.13. The Morgan fingerprint density at radius 3 is 2.61 bits per heavy atom. The molecule has 0 radical (unpaired) electrons. The number of hydrogen-bond donors (Lipinski definition) is 1. The molecule has 0 bridgehead atoms. The van der Waals surface area contributed by atoms with E-state index < -0.39 is 0 Å². The molecule has 0 aliphatic rings. The molecule has 0 amide bonds. The SMILES string of the molecule is CCOc1ccc(NCc2nnc(-c3ccccc3Cl)o2)cc1. The Kier molecular flexibility index (Phi) is 4.78. The quantitative estimate of drug-likeness (QED) is 0.726. The minimum absolute atomic E-state index is 0.416. The summed E-state index contributed by atoms with van der Waals surface area (Å²) in [4.78, 5) is 0. The molecule has 23 heavy (non-hydrogen) atoms. The van der Waals surface area contributed by atoms with Crippen molar-refractivity contribution >= 4 is 17.3 Å². The van der Waals surface area contributed by atoms with E-state index in [-0.39, 0.29) is 0 Å². The van der Waals surface area contributed by atoms with Crippen LogP contribution in [0.1, 0.15) is 12.8 Å². The lowest BCUT2D eigenvalue weighted by molar-refractivity contribution is 0.340. The van der Waals surface area contributed by atoms with Gasteiger partial charge in [0.1, 0.15) is 5.75 Å². The highest BCUT2D eigenvalue weighted by Crippen LogP contribution is 2.26. The predicted molar refractivity (Wildman–Crippen MR) is 89.7 cm³/mol. The summed E-state index contributed by atoms with van der Waals surface area (Å²) in [5.74, 6) is 1.75. The monoisotopic (exact) mass is 329 g/mol. The third-order valence-electron chi connectivity index (χ3n) is 3.18. The second-order valence-electron chi connectivity index (χ2n) is 4.79. The molecule has 1 N–H and O–H groups in total. The van der Waals surface area contributed by atoms with E-state index in [9.17, 15) is 0 Å². The van der Waals surface area contributed by atoms with Crippen molar-refractivity contribution in [2.24, 2.45) is 0 Å². The molecule has 3 aromatic rings. The van der Waals surface area contributed by atoms with Crippen LogP contribution in [0.3, 0.4) is 0 Å². The third kappa shape index (κ3) is 3.81. The minimum Gasteiger partial charge on any atom is -0.494 e. The van der Waals surface area contributed by atoms with Crippen molar-refractivity contribution in [1.29, 1.82) is 0 Å². The van der Waals surface area contributed by atoms with E-state index in [1.165, 1.54) is 0 Å². The third-order valence-corrected chi connectivity index (χ3v) is 3.51. The number of rotatable bonds is 6. The van der Waals surface area contributed by atoms with Crippen LogP contribution in [0.2, 0.25) is 5.02 Å². The number of nitrogens with zero attached hydrogens (tertiary/aromatic N) is 2. The fourth-order valence-corrected chi connectivity index (χ4v) is 2.30. The van der Waals surface area contributed by atoms with Gasteiger partial charge in [-0.2, -0.15) is 0 Å². The number of anilines is 1. The van der Waals surface area contributed by atoms with Gasteiger partial charge >= 0.3 is 0 Å². The summed E-state index contributed by atoms with van der Waals surface area (Å²) in [5, 5.41) is 11.9. The molecule has 118 valence electrons. The van der Waals surface area contributed by atoms with E-state index in [2.05, 4.69) is 15.5 Å². The van der Waals surface area contributed by atoms with E-state index in [1.807, 2.05) is 49.4 Å². The average Bonchev–Trinajstić information content (AvgIpc) is 3.04. The Bertz CT molecular complexity index is 772. The largest absolute Gasteiger partial charge is 0.494 e. The highest BCUT2D eigenvalue weighted by Gasteiger charge is 2.11. The molecule has 0 spiro atoms. The van der Waals surface area contributed by atoms with Crippen molar-refractivity contribution in [1.82, 2.24) is 10.2 Å². The highest BCUT2D eigenvalue weighted by molar-refractivity contribution is 6.33. The first-order valence-electron chi connectivity index (χ1n) is 7.30. The summed E-state index contributed by atoms with van der Waals surface area (Å²) in [6.07, 6.45) is 0. The normalized spacial score (nSPS) is 10.5. The van der Waals surface area contributed by atoms with Gasteiger partial charge in [0.15, 0.2) is 0 Å². The molecule has 0 aliphatic heterocycles. The number of hydrogen-bond acceptors (Lipinski definition) is 5. The van der Waals surface area contributed by atoms with Gasteiger partial charge in [0.05, 0.1) is 23.7 Å². The molecule has 1 heterocycles. The molecule has 5 nitrogen and oxygen atoms in total. The van der Waals surface area contributed by atoms with E-state index in [1.54, 1.807) is 6.07 Å². The first-order chi connectivity index (χ1) is 11.3. The standard InChI is InChI=1S/C17H16ClN3O2/c1-2-22-13-9-7-12(8-10-13)19-11-16-20-21-17(23-16)14-5-3-4-6-15(14)18/h3-10,19H,2,11H2,1H3. The van der Waals surface area contributed by atoms with Crippen molar-refractivity contribution in [2.45, 2.75) is 13.5 Å². The van der Waals surface area contributed by atoms with Crippen LogP contribution in [-0.2, 0) is 6.54 Å². The first kappa shape index (κ1) is 15.4. The smallest absolute Gasteiger partial charge is 0.249 e. The lowest BCUT2D eigenvalue weighted by atomic mass is 10.2. The van der Waals surface area contributed by atoms with Crippen molar-refractivity contribution in [2.75, 3.05) is 11.9 Å². The van der Waals surface area contributed by atoms with Crippen LogP contribution in [0.15, 0.2) is 52.9 Å². The Labute approximate surface area is 139 Å². The first-order valence-corrected chi connectivity index (χ1v) is 7.68. The number of benzene rings is 2. The summed E-state index contributed by atoms with van der Waals surface area (Å²) >= 11 is 6.13. The second kappa shape index (κ2) is 7.15. The fourth-order valence-electron chi connectivity index (χ4n) is 2.08. The Morgan fingerprint density at radius 2 is 1.87 bits per heavy atom. The van der Waals surface area contributed by atoms with E-state index >= 15 is 0 Å². The Hall–Kier alpha value is -2.53. The van der Waals surface area contributed by atoms with Gasteiger partial charge in [0.2, 0.25) is 11.8 Å². The summed E-state index contributed by atoms with van der Waals surface area (Å²) in [7, 11) is 0. The molecule has 6 heteroatoms.